The summed E-state index contributed by atoms with van der Waals surface area (Å²) in [5.74, 6) is 0. The van der Waals surface area contributed by atoms with Crippen molar-refractivity contribution in [3.05, 3.63) is 6.42 Å². The van der Waals surface area contributed by atoms with E-state index >= 15 is 0 Å². The van der Waals surface area contributed by atoms with Crippen LogP contribution in [-0.2, 0) is 17.1 Å². The van der Waals surface area contributed by atoms with Crippen molar-refractivity contribution >= 4 is 0 Å². The van der Waals surface area contributed by atoms with Crippen LogP contribution in [0.4, 0.5) is 0 Å². The topological polar surface area (TPSA) is 0 Å². The van der Waals surface area contributed by atoms with Crippen LogP contribution in [0, 0.1) is 6.42 Å². The molecule has 0 aromatic heterocycles. The van der Waals surface area contributed by atoms with Gasteiger partial charge in [-0.15, -0.1) is 0 Å². The maximum absolute atomic E-state index is 2.25. The molecule has 0 bridgehead atoms. The van der Waals surface area contributed by atoms with Crippen molar-refractivity contribution in [1.29, 1.82) is 0 Å². The fourth-order valence-corrected chi connectivity index (χ4v) is 0. The molecule has 0 aliphatic heterocycles. The number of hydrogen-bond acceptors (Lipinski definition) is 0. The first-order chi connectivity index (χ1) is 1.50. The van der Waals surface area contributed by atoms with Gasteiger partial charge in [-0.2, -0.15) is 0 Å². The standard InChI is InChI=1S/C3H5.Fe/c1-2-3-1;/h1H,2-3H2;/q-1;. The second-order valence-electron chi connectivity index (χ2n) is 0.866. The van der Waals surface area contributed by atoms with E-state index in [4.69, 9.17) is 0 Å². The Morgan fingerprint density at radius 1 is 1.25 bits per heavy atom. The molecule has 0 heterocycles. The van der Waals surface area contributed by atoms with Crippen LogP contribution in [0.25, 0.3) is 0 Å². The van der Waals surface area contributed by atoms with Gasteiger partial charge >= 0.3 is 0 Å². The van der Waals surface area contributed by atoms with Gasteiger partial charge in [-0.25, -0.2) is 12.8 Å². The molecule has 0 radical (unpaired) electrons. The number of rotatable bonds is 0. The van der Waals surface area contributed by atoms with Gasteiger partial charge in [0, 0.05) is 17.1 Å². The predicted molar refractivity (Wildman–Crippen MR) is 13.5 cm³/mol. The Morgan fingerprint density at radius 3 is 1.50 bits per heavy atom. The minimum atomic E-state index is 0. The van der Waals surface area contributed by atoms with Crippen molar-refractivity contribution < 1.29 is 17.1 Å². The first kappa shape index (κ1) is 4.52. The zero-order valence-electron chi connectivity index (χ0n) is 2.35. The fraction of sp³-hybridized carbons (Fsp3) is 0.667. The molecule has 26 valence electrons. The van der Waals surface area contributed by atoms with Gasteiger partial charge in [0.2, 0.25) is 0 Å². The quantitative estimate of drug-likeness (QED) is 0.312. The molecule has 0 aromatic rings. The summed E-state index contributed by atoms with van der Waals surface area (Å²) in [5.41, 5.74) is 0. The minimum Gasteiger partial charge on any atom is -0.333 e. The van der Waals surface area contributed by atoms with Crippen LogP contribution in [0.1, 0.15) is 12.8 Å². The van der Waals surface area contributed by atoms with Crippen molar-refractivity contribution in [1.82, 2.24) is 0 Å². The van der Waals surface area contributed by atoms with E-state index in [0.29, 0.717) is 0 Å². The van der Waals surface area contributed by atoms with Crippen LogP contribution in [-0.4, -0.2) is 0 Å². The van der Waals surface area contributed by atoms with E-state index in [0.717, 1.165) is 0 Å². The Kier molecular flexibility index (Phi) is 2.04. The van der Waals surface area contributed by atoms with Crippen LogP contribution in [0.2, 0.25) is 0 Å². The van der Waals surface area contributed by atoms with Gasteiger partial charge < -0.3 is 6.42 Å². The smallest absolute Gasteiger partial charge is 0 e. The molecule has 1 saturated carbocycles. The van der Waals surface area contributed by atoms with Crippen LogP contribution in [0.5, 0.6) is 0 Å². The van der Waals surface area contributed by atoms with E-state index in [9.17, 15) is 0 Å². The average Bonchev–Trinajstić information content (AvgIpc) is 1.46. The first-order valence-electron chi connectivity index (χ1n) is 1.32. The van der Waals surface area contributed by atoms with Crippen LogP contribution in [0.15, 0.2) is 0 Å². The molecule has 0 atom stereocenters. The molecular weight excluding hydrogens is 91.9 g/mol. The predicted octanol–water partition coefficient (Wildman–Crippen LogP) is 0.982. The molecule has 1 aliphatic carbocycles. The second-order valence-corrected chi connectivity index (χ2v) is 0.866. The molecule has 0 amide bonds. The summed E-state index contributed by atoms with van der Waals surface area (Å²) in [4.78, 5) is 0. The molecule has 0 unspecified atom stereocenters. The van der Waals surface area contributed by atoms with E-state index in [-0.39, 0.29) is 17.1 Å². The zero-order valence-corrected chi connectivity index (χ0v) is 3.45. The minimum absolute atomic E-state index is 0. The van der Waals surface area contributed by atoms with Crippen molar-refractivity contribution in [2.24, 2.45) is 0 Å². The summed E-state index contributed by atoms with van der Waals surface area (Å²) in [6, 6.07) is 0. The zero-order chi connectivity index (χ0) is 2.12. The average molecular weight is 96.9 g/mol. The monoisotopic (exact) mass is 97.0 g/mol. The van der Waals surface area contributed by atoms with Crippen molar-refractivity contribution in [2.75, 3.05) is 0 Å². The van der Waals surface area contributed by atoms with Gasteiger partial charge in [0.25, 0.3) is 0 Å². The van der Waals surface area contributed by atoms with Gasteiger partial charge in [0.05, 0.1) is 0 Å². The molecule has 1 aliphatic rings. The Morgan fingerprint density at radius 2 is 1.50 bits per heavy atom. The molecule has 1 heteroatoms. The maximum Gasteiger partial charge on any atom is 0 e. The SMILES string of the molecule is [CH-]1CC1.[Fe]. The first-order valence-corrected chi connectivity index (χ1v) is 1.32. The Balaban J connectivity index is 0.0000000900. The van der Waals surface area contributed by atoms with E-state index in [2.05, 4.69) is 6.42 Å². The molecule has 0 saturated heterocycles. The van der Waals surface area contributed by atoms with Gasteiger partial charge in [0.1, 0.15) is 0 Å². The van der Waals surface area contributed by atoms with E-state index in [1.807, 2.05) is 0 Å². The summed E-state index contributed by atoms with van der Waals surface area (Å²) >= 11 is 0. The third-order valence-electron chi connectivity index (χ3n) is 0.289. The van der Waals surface area contributed by atoms with Gasteiger partial charge in [-0.05, 0) is 0 Å². The molecule has 1 fully saturated rings. The van der Waals surface area contributed by atoms with Gasteiger partial charge in [-0.3, -0.25) is 0 Å². The molecule has 0 N–H and O–H groups in total. The number of hydrogen-bond donors (Lipinski definition) is 0. The third-order valence-corrected chi connectivity index (χ3v) is 0.289. The van der Waals surface area contributed by atoms with Gasteiger partial charge in [-0.1, -0.05) is 0 Å². The fourth-order valence-electron chi connectivity index (χ4n) is 0. The molecule has 4 heavy (non-hydrogen) atoms. The Labute approximate surface area is 37.1 Å². The molecule has 0 aromatic carbocycles. The van der Waals surface area contributed by atoms with Crippen molar-refractivity contribution in [3.8, 4) is 0 Å². The summed E-state index contributed by atoms with van der Waals surface area (Å²) in [7, 11) is 0. The summed E-state index contributed by atoms with van der Waals surface area (Å²) < 4.78 is 0. The third kappa shape index (κ3) is 2.52. The summed E-state index contributed by atoms with van der Waals surface area (Å²) in [5, 5.41) is 0. The Hall–Kier alpha value is 0.519. The maximum atomic E-state index is 2.25. The van der Waals surface area contributed by atoms with Gasteiger partial charge in [0.15, 0.2) is 0 Å². The van der Waals surface area contributed by atoms with Crippen molar-refractivity contribution in [3.63, 3.8) is 0 Å². The van der Waals surface area contributed by atoms with E-state index in [1.54, 1.807) is 0 Å². The van der Waals surface area contributed by atoms with Crippen LogP contribution < -0.4 is 0 Å². The summed E-state index contributed by atoms with van der Waals surface area (Å²) in [6.45, 7) is 0. The second kappa shape index (κ2) is 1.80. The molecule has 0 nitrogen and oxygen atoms in total. The van der Waals surface area contributed by atoms with E-state index in [1.165, 1.54) is 12.8 Å². The van der Waals surface area contributed by atoms with E-state index < -0.39 is 0 Å². The largest absolute Gasteiger partial charge is 0.333 e. The Bertz CT molecular complexity index is 8.00. The summed E-state index contributed by atoms with van der Waals surface area (Å²) in [6.07, 6.45) is 5.00. The molecule has 0 spiro atoms. The van der Waals surface area contributed by atoms with Crippen LogP contribution in [0.3, 0.4) is 0 Å². The van der Waals surface area contributed by atoms with Crippen molar-refractivity contribution in [2.45, 2.75) is 12.8 Å². The van der Waals surface area contributed by atoms with Crippen LogP contribution >= 0.6 is 0 Å². The normalized spacial score (nSPS) is 18.0. The molecule has 1 rings (SSSR count). The molecular formula is C3H5Fe-.